The number of hydrogen-bond donors (Lipinski definition) is 3. The predicted octanol–water partition coefficient (Wildman–Crippen LogP) is 2.61. The summed E-state index contributed by atoms with van der Waals surface area (Å²) in [5.74, 6) is 6.43. The van der Waals surface area contributed by atoms with E-state index in [1.54, 1.807) is 12.1 Å². The van der Waals surface area contributed by atoms with Crippen molar-refractivity contribution in [2.24, 2.45) is 5.84 Å². The van der Waals surface area contributed by atoms with Crippen molar-refractivity contribution in [1.82, 2.24) is 9.97 Å². The molecule has 0 aliphatic carbocycles. The molecular weight excluding hydrogens is 273 g/mol. The summed E-state index contributed by atoms with van der Waals surface area (Å²) in [4.78, 5) is 8.32. The maximum atomic E-state index is 13.4. The number of rotatable bonds is 6. The third-order valence-electron chi connectivity index (χ3n) is 3.00. The molecule has 0 amide bonds. The highest BCUT2D eigenvalue weighted by Crippen LogP contribution is 2.27. The smallest absolute Gasteiger partial charge is 0.165 e. The van der Waals surface area contributed by atoms with Crippen LogP contribution in [0.5, 0.6) is 5.75 Å². The second-order valence-corrected chi connectivity index (χ2v) is 4.42. The monoisotopic (exact) mass is 291 g/mol. The highest BCUT2D eigenvalue weighted by molar-refractivity contribution is 5.65. The summed E-state index contributed by atoms with van der Waals surface area (Å²) in [7, 11) is 1.42. The number of hydrogen-bond acceptors (Lipinski definition) is 6. The van der Waals surface area contributed by atoms with E-state index in [0.29, 0.717) is 17.3 Å². The number of anilines is 3. The number of nitrogen functional groups attached to an aromatic ring is 1. The molecule has 0 radical (unpaired) electrons. The van der Waals surface area contributed by atoms with Crippen LogP contribution in [0, 0.1) is 5.82 Å². The lowest BCUT2D eigenvalue weighted by Gasteiger charge is -2.14. The van der Waals surface area contributed by atoms with E-state index in [-0.39, 0.29) is 5.75 Å². The second kappa shape index (κ2) is 6.85. The Hall–Kier alpha value is -2.41. The lowest BCUT2D eigenvalue weighted by Crippen LogP contribution is -2.13. The Morgan fingerprint density at radius 3 is 2.71 bits per heavy atom. The van der Waals surface area contributed by atoms with Crippen molar-refractivity contribution in [2.75, 3.05) is 17.9 Å². The molecule has 0 fully saturated rings. The van der Waals surface area contributed by atoms with Gasteiger partial charge in [-0.25, -0.2) is 20.2 Å². The number of halogens is 1. The third-order valence-corrected chi connectivity index (χ3v) is 3.00. The molecule has 0 atom stereocenters. The summed E-state index contributed by atoms with van der Waals surface area (Å²) < 4.78 is 18.4. The van der Waals surface area contributed by atoms with Crippen LogP contribution in [0.1, 0.15) is 18.9 Å². The predicted molar refractivity (Wildman–Crippen MR) is 80.1 cm³/mol. The van der Waals surface area contributed by atoms with Gasteiger partial charge in [0, 0.05) is 17.3 Å². The average Bonchev–Trinajstić information content (AvgIpc) is 2.51. The zero-order valence-corrected chi connectivity index (χ0v) is 12.0. The Balaban J connectivity index is 2.34. The molecule has 0 bridgehead atoms. The molecular formula is C14H18FN5O. The number of methoxy groups -OCH3 is 1. The zero-order valence-electron chi connectivity index (χ0n) is 12.0. The summed E-state index contributed by atoms with van der Waals surface area (Å²) in [5, 5.41) is 3.14. The molecule has 1 aromatic heterocycles. The maximum absolute atomic E-state index is 13.4. The molecule has 6 nitrogen and oxygen atoms in total. The first-order valence-corrected chi connectivity index (χ1v) is 6.60. The van der Waals surface area contributed by atoms with Gasteiger partial charge in [0.25, 0.3) is 0 Å². The molecule has 0 saturated carbocycles. The fourth-order valence-electron chi connectivity index (χ4n) is 2.01. The second-order valence-electron chi connectivity index (χ2n) is 4.42. The largest absolute Gasteiger partial charge is 0.494 e. The van der Waals surface area contributed by atoms with E-state index in [1.807, 2.05) is 0 Å². The first-order valence-electron chi connectivity index (χ1n) is 6.60. The van der Waals surface area contributed by atoms with Crippen LogP contribution in [0.4, 0.5) is 21.7 Å². The Labute approximate surface area is 122 Å². The van der Waals surface area contributed by atoms with E-state index in [4.69, 9.17) is 10.6 Å². The fraction of sp³-hybridized carbons (Fsp3) is 0.286. The summed E-state index contributed by atoms with van der Waals surface area (Å²) in [6, 6.07) is 4.53. The molecule has 0 saturated heterocycles. The molecule has 21 heavy (non-hydrogen) atoms. The summed E-state index contributed by atoms with van der Waals surface area (Å²) in [6.07, 6.45) is 3.10. The first kappa shape index (κ1) is 15.0. The van der Waals surface area contributed by atoms with E-state index in [2.05, 4.69) is 27.6 Å². The molecule has 0 unspecified atom stereocenters. The summed E-state index contributed by atoms with van der Waals surface area (Å²) in [6.45, 7) is 2.05. The van der Waals surface area contributed by atoms with E-state index in [0.717, 1.165) is 18.4 Å². The van der Waals surface area contributed by atoms with Crippen molar-refractivity contribution < 1.29 is 9.13 Å². The van der Waals surface area contributed by atoms with Gasteiger partial charge < -0.3 is 15.5 Å². The molecule has 2 aromatic rings. The van der Waals surface area contributed by atoms with Crippen molar-refractivity contribution in [1.29, 1.82) is 0 Å². The van der Waals surface area contributed by atoms with Gasteiger partial charge in [0.1, 0.15) is 18.0 Å². The normalized spacial score (nSPS) is 10.3. The average molecular weight is 291 g/mol. The van der Waals surface area contributed by atoms with Crippen molar-refractivity contribution in [3.63, 3.8) is 0 Å². The van der Waals surface area contributed by atoms with Crippen molar-refractivity contribution in [2.45, 2.75) is 19.8 Å². The Morgan fingerprint density at radius 1 is 1.29 bits per heavy atom. The van der Waals surface area contributed by atoms with Gasteiger partial charge in [-0.1, -0.05) is 13.3 Å². The molecule has 2 rings (SSSR count). The molecule has 0 spiro atoms. The van der Waals surface area contributed by atoms with Crippen molar-refractivity contribution in [3.8, 4) is 5.75 Å². The van der Waals surface area contributed by atoms with Gasteiger partial charge in [-0.2, -0.15) is 0 Å². The fourth-order valence-corrected chi connectivity index (χ4v) is 2.01. The number of ether oxygens (including phenoxy) is 1. The van der Waals surface area contributed by atoms with Gasteiger partial charge in [0.2, 0.25) is 0 Å². The van der Waals surface area contributed by atoms with Gasteiger partial charge in [0.05, 0.1) is 7.11 Å². The molecule has 1 aromatic carbocycles. The standard InChI is InChI=1S/C14H18FN5O/c1-3-4-10-13(17-8-18-14(10)20-16)19-9-5-6-11(15)12(7-9)21-2/h5-8H,3-4,16H2,1-2H3,(H2,17,18,19,20). The van der Waals surface area contributed by atoms with Gasteiger partial charge in [-0.15, -0.1) is 0 Å². The number of benzene rings is 1. The Morgan fingerprint density at radius 2 is 2.05 bits per heavy atom. The maximum Gasteiger partial charge on any atom is 0.165 e. The van der Waals surface area contributed by atoms with Crippen molar-refractivity contribution in [3.05, 3.63) is 35.9 Å². The van der Waals surface area contributed by atoms with Crippen LogP contribution in [0.15, 0.2) is 24.5 Å². The minimum atomic E-state index is -0.413. The number of hydrazine groups is 1. The molecule has 112 valence electrons. The highest BCUT2D eigenvalue weighted by atomic mass is 19.1. The van der Waals surface area contributed by atoms with Crippen LogP contribution in [-0.2, 0) is 6.42 Å². The van der Waals surface area contributed by atoms with Crippen LogP contribution in [0.3, 0.4) is 0 Å². The third kappa shape index (κ3) is 3.38. The molecule has 4 N–H and O–H groups in total. The molecule has 1 heterocycles. The lowest BCUT2D eigenvalue weighted by atomic mass is 10.1. The number of aromatic nitrogens is 2. The van der Waals surface area contributed by atoms with Crippen LogP contribution in [-0.4, -0.2) is 17.1 Å². The number of nitrogens with zero attached hydrogens (tertiary/aromatic N) is 2. The Kier molecular flexibility index (Phi) is 4.89. The first-order chi connectivity index (χ1) is 10.2. The molecule has 7 heteroatoms. The molecule has 0 aliphatic rings. The SMILES string of the molecule is CCCc1c(NN)ncnc1Nc1ccc(F)c(OC)c1. The molecule has 0 aliphatic heterocycles. The number of nitrogens with one attached hydrogen (secondary N) is 2. The van der Waals surface area contributed by atoms with Gasteiger partial charge in [0.15, 0.2) is 11.6 Å². The van der Waals surface area contributed by atoms with Gasteiger partial charge in [-0.05, 0) is 18.6 Å². The van der Waals surface area contributed by atoms with Gasteiger partial charge >= 0.3 is 0 Å². The summed E-state index contributed by atoms with van der Waals surface area (Å²) >= 11 is 0. The van der Waals surface area contributed by atoms with Crippen molar-refractivity contribution >= 4 is 17.3 Å². The minimum absolute atomic E-state index is 0.170. The van der Waals surface area contributed by atoms with Crippen LogP contribution in [0.25, 0.3) is 0 Å². The highest BCUT2D eigenvalue weighted by Gasteiger charge is 2.11. The minimum Gasteiger partial charge on any atom is -0.494 e. The number of nitrogens with two attached hydrogens (primary N) is 1. The van der Waals surface area contributed by atoms with E-state index >= 15 is 0 Å². The Bertz CT molecular complexity index is 620. The van der Waals surface area contributed by atoms with Gasteiger partial charge in [-0.3, -0.25) is 0 Å². The topological polar surface area (TPSA) is 85.1 Å². The summed E-state index contributed by atoms with van der Waals surface area (Å²) in [5.41, 5.74) is 4.12. The van der Waals surface area contributed by atoms with Crippen LogP contribution < -0.4 is 21.3 Å². The zero-order chi connectivity index (χ0) is 15.2. The van der Waals surface area contributed by atoms with E-state index in [1.165, 1.54) is 19.5 Å². The lowest BCUT2D eigenvalue weighted by molar-refractivity contribution is 0.387. The van der Waals surface area contributed by atoms with E-state index in [9.17, 15) is 4.39 Å². The quantitative estimate of drug-likeness (QED) is 0.560. The van der Waals surface area contributed by atoms with E-state index < -0.39 is 5.82 Å². The van der Waals surface area contributed by atoms with Crippen LogP contribution >= 0.6 is 0 Å². The van der Waals surface area contributed by atoms with Crippen LogP contribution in [0.2, 0.25) is 0 Å².